The number of fused-ring (bicyclic) bond motifs is 1. The van der Waals surface area contributed by atoms with Crippen LogP contribution in [-0.2, 0) is 22.4 Å². The molecule has 0 radical (unpaired) electrons. The molecule has 5 heteroatoms. The van der Waals surface area contributed by atoms with Crippen molar-refractivity contribution in [2.45, 2.75) is 18.9 Å². The Hall–Kier alpha value is -3.34. The quantitative estimate of drug-likeness (QED) is 0.678. The molecule has 3 rings (SSSR count). The van der Waals surface area contributed by atoms with Gasteiger partial charge in [-0.3, -0.25) is 9.59 Å². The van der Waals surface area contributed by atoms with Gasteiger partial charge in [-0.15, -0.1) is 0 Å². The minimum atomic E-state index is -0.797. The number of hydrogen-bond donors (Lipinski definition) is 2. The maximum absolute atomic E-state index is 12.5. The average molecular weight is 362 g/mol. The summed E-state index contributed by atoms with van der Waals surface area (Å²) < 4.78 is 5.30. The standard InChI is InChI=1S/C22H22N2O3/c1-27-20-9-5-4-8-18(20)14-19(22(23)26)24-21(25)13-15-10-11-16-6-2-3-7-17(16)12-15/h2-12,19H,13-14H2,1H3,(H2,23,26)(H,24,25)/t19-/m1/s1. The van der Waals surface area contributed by atoms with Crippen molar-refractivity contribution in [2.24, 2.45) is 5.73 Å². The van der Waals surface area contributed by atoms with Crippen molar-refractivity contribution in [3.05, 3.63) is 77.9 Å². The lowest BCUT2D eigenvalue weighted by molar-refractivity contribution is -0.127. The number of amides is 2. The minimum Gasteiger partial charge on any atom is -0.496 e. The first kappa shape index (κ1) is 18.5. The van der Waals surface area contributed by atoms with Crippen LogP contribution in [0.2, 0.25) is 0 Å². The molecule has 3 aromatic carbocycles. The van der Waals surface area contributed by atoms with Gasteiger partial charge in [0, 0.05) is 6.42 Å². The molecular formula is C22H22N2O3. The van der Waals surface area contributed by atoms with Crippen molar-refractivity contribution in [3.8, 4) is 5.75 Å². The van der Waals surface area contributed by atoms with E-state index in [1.165, 1.54) is 0 Å². The van der Waals surface area contributed by atoms with Gasteiger partial charge in [-0.2, -0.15) is 0 Å². The van der Waals surface area contributed by atoms with Crippen molar-refractivity contribution in [2.75, 3.05) is 7.11 Å². The predicted octanol–water partition coefficient (Wildman–Crippen LogP) is 2.60. The zero-order valence-corrected chi connectivity index (χ0v) is 15.1. The molecule has 0 heterocycles. The number of primary amides is 1. The molecule has 0 aliphatic carbocycles. The molecule has 0 aliphatic rings. The maximum Gasteiger partial charge on any atom is 0.240 e. The molecule has 0 saturated heterocycles. The molecule has 0 aliphatic heterocycles. The van der Waals surface area contributed by atoms with Gasteiger partial charge in [-0.05, 0) is 28.0 Å². The molecule has 27 heavy (non-hydrogen) atoms. The highest BCUT2D eigenvalue weighted by Gasteiger charge is 2.20. The number of nitrogens with two attached hydrogens (primary N) is 1. The Kier molecular flexibility index (Phi) is 5.71. The van der Waals surface area contributed by atoms with Crippen LogP contribution in [0.25, 0.3) is 10.8 Å². The van der Waals surface area contributed by atoms with Gasteiger partial charge in [0.15, 0.2) is 0 Å². The van der Waals surface area contributed by atoms with E-state index >= 15 is 0 Å². The van der Waals surface area contributed by atoms with E-state index in [2.05, 4.69) is 5.32 Å². The summed E-state index contributed by atoms with van der Waals surface area (Å²) in [6.07, 6.45) is 0.462. The summed E-state index contributed by atoms with van der Waals surface area (Å²) in [4.78, 5) is 24.3. The summed E-state index contributed by atoms with van der Waals surface area (Å²) in [5.74, 6) is -0.163. The van der Waals surface area contributed by atoms with Crippen molar-refractivity contribution >= 4 is 22.6 Å². The number of rotatable bonds is 7. The van der Waals surface area contributed by atoms with Gasteiger partial charge in [0.1, 0.15) is 11.8 Å². The highest BCUT2D eigenvalue weighted by atomic mass is 16.5. The second-order valence-corrected chi connectivity index (χ2v) is 6.40. The lowest BCUT2D eigenvalue weighted by atomic mass is 10.0. The van der Waals surface area contributed by atoms with Crippen LogP contribution in [0.4, 0.5) is 0 Å². The molecule has 0 unspecified atom stereocenters. The molecule has 1 atom stereocenters. The third-order valence-corrected chi connectivity index (χ3v) is 4.47. The smallest absolute Gasteiger partial charge is 0.240 e. The van der Waals surface area contributed by atoms with Crippen LogP contribution in [0.15, 0.2) is 66.7 Å². The Morgan fingerprint density at radius 2 is 1.70 bits per heavy atom. The largest absolute Gasteiger partial charge is 0.496 e. The predicted molar refractivity (Wildman–Crippen MR) is 105 cm³/mol. The maximum atomic E-state index is 12.5. The van der Waals surface area contributed by atoms with Crippen molar-refractivity contribution in [3.63, 3.8) is 0 Å². The molecule has 3 aromatic rings. The Balaban J connectivity index is 1.70. The third-order valence-electron chi connectivity index (χ3n) is 4.47. The first-order chi connectivity index (χ1) is 13.1. The fraction of sp³-hybridized carbons (Fsp3) is 0.182. The van der Waals surface area contributed by atoms with E-state index in [-0.39, 0.29) is 18.7 Å². The zero-order valence-electron chi connectivity index (χ0n) is 15.1. The SMILES string of the molecule is COc1ccccc1C[C@@H](NC(=O)Cc1ccc2ccccc2c1)C(N)=O. The van der Waals surface area contributed by atoms with Crippen LogP contribution in [0, 0.1) is 0 Å². The minimum absolute atomic E-state index is 0.181. The third kappa shape index (κ3) is 4.64. The molecule has 3 N–H and O–H groups in total. The van der Waals surface area contributed by atoms with E-state index in [0.717, 1.165) is 21.9 Å². The summed E-state index contributed by atoms with van der Waals surface area (Å²) in [5, 5.41) is 4.93. The number of carbonyl (C=O) groups is 2. The first-order valence-electron chi connectivity index (χ1n) is 8.75. The highest BCUT2D eigenvalue weighted by molar-refractivity contribution is 5.89. The van der Waals surface area contributed by atoms with Crippen LogP contribution >= 0.6 is 0 Å². The molecule has 0 bridgehead atoms. The highest BCUT2D eigenvalue weighted by Crippen LogP contribution is 2.19. The van der Waals surface area contributed by atoms with E-state index in [1.54, 1.807) is 7.11 Å². The molecule has 0 aromatic heterocycles. The van der Waals surface area contributed by atoms with Crippen molar-refractivity contribution < 1.29 is 14.3 Å². The van der Waals surface area contributed by atoms with Gasteiger partial charge >= 0.3 is 0 Å². The van der Waals surface area contributed by atoms with Crippen molar-refractivity contribution in [1.29, 1.82) is 0 Å². The number of benzene rings is 3. The Labute approximate surface area is 158 Å². The molecule has 5 nitrogen and oxygen atoms in total. The lowest BCUT2D eigenvalue weighted by Gasteiger charge is -2.17. The summed E-state index contributed by atoms with van der Waals surface area (Å²) in [6.45, 7) is 0. The van der Waals surface area contributed by atoms with E-state index in [0.29, 0.717) is 5.75 Å². The van der Waals surface area contributed by atoms with E-state index in [1.807, 2.05) is 66.7 Å². The topological polar surface area (TPSA) is 81.4 Å². The number of carbonyl (C=O) groups excluding carboxylic acids is 2. The number of hydrogen-bond acceptors (Lipinski definition) is 3. The van der Waals surface area contributed by atoms with Gasteiger partial charge in [0.2, 0.25) is 11.8 Å². The van der Waals surface area contributed by atoms with Gasteiger partial charge < -0.3 is 15.8 Å². The molecule has 2 amide bonds. The normalized spacial score (nSPS) is 11.7. The summed E-state index contributed by atoms with van der Waals surface area (Å²) in [6, 6.07) is 20.4. The fourth-order valence-electron chi connectivity index (χ4n) is 3.09. The summed E-state index contributed by atoms with van der Waals surface area (Å²) in [5.41, 5.74) is 7.19. The summed E-state index contributed by atoms with van der Waals surface area (Å²) >= 11 is 0. The number of ether oxygens (including phenoxy) is 1. The second kappa shape index (κ2) is 8.36. The van der Waals surface area contributed by atoms with Gasteiger partial charge in [-0.1, -0.05) is 60.7 Å². The van der Waals surface area contributed by atoms with Gasteiger partial charge in [0.25, 0.3) is 0 Å². The summed E-state index contributed by atoms with van der Waals surface area (Å²) in [7, 11) is 1.57. The Morgan fingerprint density at radius 1 is 1.00 bits per heavy atom. The number of para-hydroxylation sites is 1. The zero-order chi connectivity index (χ0) is 19.2. The van der Waals surface area contributed by atoms with Gasteiger partial charge in [-0.25, -0.2) is 0 Å². The van der Waals surface area contributed by atoms with Crippen LogP contribution < -0.4 is 15.8 Å². The molecular weight excluding hydrogens is 340 g/mol. The van der Waals surface area contributed by atoms with Crippen LogP contribution in [0.5, 0.6) is 5.75 Å². The monoisotopic (exact) mass is 362 g/mol. The molecule has 138 valence electrons. The molecule has 0 saturated carbocycles. The van der Waals surface area contributed by atoms with E-state index < -0.39 is 11.9 Å². The number of methoxy groups -OCH3 is 1. The number of nitrogens with one attached hydrogen (secondary N) is 1. The van der Waals surface area contributed by atoms with Crippen LogP contribution in [0.1, 0.15) is 11.1 Å². The fourth-order valence-corrected chi connectivity index (χ4v) is 3.09. The average Bonchev–Trinajstić information content (AvgIpc) is 2.67. The second-order valence-electron chi connectivity index (χ2n) is 6.40. The first-order valence-corrected chi connectivity index (χ1v) is 8.75. The van der Waals surface area contributed by atoms with E-state index in [4.69, 9.17) is 10.5 Å². The van der Waals surface area contributed by atoms with Gasteiger partial charge in [0.05, 0.1) is 13.5 Å². The molecule has 0 spiro atoms. The van der Waals surface area contributed by atoms with Crippen LogP contribution in [0.3, 0.4) is 0 Å². The Morgan fingerprint density at radius 3 is 2.44 bits per heavy atom. The van der Waals surface area contributed by atoms with E-state index in [9.17, 15) is 9.59 Å². The Bertz CT molecular complexity index is 968. The lowest BCUT2D eigenvalue weighted by Crippen LogP contribution is -2.46. The van der Waals surface area contributed by atoms with Crippen molar-refractivity contribution in [1.82, 2.24) is 5.32 Å². The van der Waals surface area contributed by atoms with Crippen LogP contribution in [-0.4, -0.2) is 25.0 Å². The molecule has 0 fully saturated rings.